The quantitative estimate of drug-likeness (QED) is 0.762. The summed E-state index contributed by atoms with van der Waals surface area (Å²) < 4.78 is 6.96. The Morgan fingerprint density at radius 3 is 3.06 bits per heavy atom. The zero-order valence-electron chi connectivity index (χ0n) is 9.14. The highest BCUT2D eigenvalue weighted by atomic mass is 32.1. The highest BCUT2D eigenvalue weighted by Crippen LogP contribution is 2.25. The van der Waals surface area contributed by atoms with Crippen LogP contribution in [0.5, 0.6) is 5.75 Å². The van der Waals surface area contributed by atoms with E-state index < -0.39 is 0 Å². The van der Waals surface area contributed by atoms with Crippen molar-refractivity contribution < 1.29 is 9.53 Å². The molecule has 2 aromatic heterocycles. The van der Waals surface area contributed by atoms with E-state index in [4.69, 9.17) is 4.74 Å². The molecule has 2 heterocycles. The lowest BCUT2D eigenvalue weighted by Gasteiger charge is -2.02. The van der Waals surface area contributed by atoms with Crippen LogP contribution in [0.4, 0.5) is 0 Å². The lowest BCUT2D eigenvalue weighted by atomic mass is 10.2. The van der Waals surface area contributed by atoms with E-state index in [0.29, 0.717) is 17.0 Å². The number of aryl methyl sites for hydroxylation is 1. The lowest BCUT2D eigenvalue weighted by Crippen LogP contribution is -2.07. The Morgan fingerprint density at radius 1 is 1.62 bits per heavy atom. The van der Waals surface area contributed by atoms with Gasteiger partial charge in [-0.3, -0.25) is 4.79 Å². The number of thiophene rings is 1. The topological polar surface area (TPSA) is 44.1 Å². The normalized spacial score (nSPS) is 10.4. The van der Waals surface area contributed by atoms with Crippen LogP contribution in [0, 0.1) is 0 Å². The monoisotopic (exact) mass is 236 g/mol. The smallest absolute Gasteiger partial charge is 0.184 e. The molecule has 0 N–H and O–H groups in total. The first kappa shape index (κ1) is 10.9. The van der Waals surface area contributed by atoms with Gasteiger partial charge in [0, 0.05) is 19.4 Å². The van der Waals surface area contributed by atoms with Gasteiger partial charge in [-0.15, -0.1) is 11.3 Å². The van der Waals surface area contributed by atoms with Gasteiger partial charge < -0.3 is 9.30 Å². The number of hydrogen-bond acceptors (Lipinski definition) is 4. The molecule has 4 nitrogen and oxygen atoms in total. The van der Waals surface area contributed by atoms with Crippen molar-refractivity contribution in [2.75, 3.05) is 7.11 Å². The third-order valence-corrected chi connectivity index (χ3v) is 3.28. The summed E-state index contributed by atoms with van der Waals surface area (Å²) in [7, 11) is 3.45. The predicted octanol–water partition coefficient (Wildman–Crippen LogP) is 1.92. The molecule has 0 aliphatic heterocycles. The first-order valence-electron chi connectivity index (χ1n) is 4.83. The van der Waals surface area contributed by atoms with E-state index in [1.54, 1.807) is 19.4 Å². The number of carbonyl (C=O) groups excluding carboxylic acids is 1. The maximum Gasteiger partial charge on any atom is 0.184 e. The number of methoxy groups -OCH3 is 1. The minimum atomic E-state index is 0.0427. The molecule has 0 aliphatic rings. The van der Waals surface area contributed by atoms with Crippen LogP contribution >= 0.6 is 11.3 Å². The Balaban J connectivity index is 2.18. The van der Waals surface area contributed by atoms with Crippen molar-refractivity contribution in [3.63, 3.8) is 0 Å². The Morgan fingerprint density at radius 2 is 2.44 bits per heavy atom. The van der Waals surface area contributed by atoms with Gasteiger partial charge in [-0.25, -0.2) is 4.98 Å². The molecule has 0 unspecified atom stereocenters. The molecule has 0 spiro atoms. The summed E-state index contributed by atoms with van der Waals surface area (Å²) in [6, 6.07) is 1.80. The molecule has 2 aromatic rings. The second-order valence-electron chi connectivity index (χ2n) is 3.37. The number of ketones is 1. The molecular weight excluding hydrogens is 224 g/mol. The molecular formula is C11H12N2O2S. The van der Waals surface area contributed by atoms with Crippen molar-refractivity contribution in [2.45, 2.75) is 6.42 Å². The molecule has 2 rings (SSSR count). The Kier molecular flexibility index (Phi) is 3.05. The number of rotatable bonds is 4. The van der Waals surface area contributed by atoms with E-state index in [-0.39, 0.29) is 5.78 Å². The molecule has 0 atom stereocenters. The average molecular weight is 236 g/mol. The van der Waals surface area contributed by atoms with Crippen molar-refractivity contribution in [3.8, 4) is 5.75 Å². The van der Waals surface area contributed by atoms with Crippen molar-refractivity contribution in [2.24, 2.45) is 7.05 Å². The zero-order valence-corrected chi connectivity index (χ0v) is 9.95. The molecule has 0 amide bonds. The van der Waals surface area contributed by atoms with E-state index in [2.05, 4.69) is 4.98 Å². The largest absolute Gasteiger partial charge is 0.495 e. The number of hydrogen-bond donors (Lipinski definition) is 0. The highest BCUT2D eigenvalue weighted by molar-refractivity contribution is 7.12. The standard InChI is InChI=1S/C11H12N2O2S/c1-13-5-4-12-10(13)7-8(14)11-9(15-2)3-6-16-11/h3-6H,7H2,1-2H3. The van der Waals surface area contributed by atoms with Crippen LogP contribution in [-0.4, -0.2) is 22.4 Å². The van der Waals surface area contributed by atoms with Crippen LogP contribution < -0.4 is 4.74 Å². The number of carbonyl (C=O) groups is 1. The summed E-state index contributed by atoms with van der Waals surface area (Å²) in [6.45, 7) is 0. The van der Waals surface area contributed by atoms with Crippen LogP contribution in [0.25, 0.3) is 0 Å². The average Bonchev–Trinajstić information content (AvgIpc) is 2.87. The van der Waals surface area contributed by atoms with Gasteiger partial charge in [-0.1, -0.05) is 0 Å². The third-order valence-electron chi connectivity index (χ3n) is 2.34. The first-order chi connectivity index (χ1) is 7.72. The highest BCUT2D eigenvalue weighted by Gasteiger charge is 2.15. The van der Waals surface area contributed by atoms with E-state index >= 15 is 0 Å². The van der Waals surface area contributed by atoms with E-state index in [9.17, 15) is 4.79 Å². The Bertz CT molecular complexity index is 502. The van der Waals surface area contributed by atoms with Crippen molar-refractivity contribution in [1.29, 1.82) is 0 Å². The molecule has 0 saturated heterocycles. The SMILES string of the molecule is COc1ccsc1C(=O)Cc1nccn1C. The number of aromatic nitrogens is 2. The van der Waals surface area contributed by atoms with Gasteiger partial charge in [0.1, 0.15) is 16.5 Å². The minimum Gasteiger partial charge on any atom is -0.495 e. The van der Waals surface area contributed by atoms with Crippen molar-refractivity contribution in [3.05, 3.63) is 34.5 Å². The summed E-state index contributed by atoms with van der Waals surface area (Å²) >= 11 is 1.40. The van der Waals surface area contributed by atoms with Crippen LogP contribution in [0.15, 0.2) is 23.8 Å². The fourth-order valence-corrected chi connectivity index (χ4v) is 2.25. The molecule has 0 saturated carbocycles. The summed E-state index contributed by atoms with van der Waals surface area (Å²) in [5, 5.41) is 1.85. The zero-order chi connectivity index (χ0) is 11.5. The molecule has 5 heteroatoms. The van der Waals surface area contributed by atoms with Gasteiger partial charge in [0.15, 0.2) is 5.78 Å². The maximum absolute atomic E-state index is 12.0. The van der Waals surface area contributed by atoms with E-state index in [1.807, 2.05) is 23.2 Å². The van der Waals surface area contributed by atoms with Gasteiger partial charge in [-0.2, -0.15) is 0 Å². The number of Topliss-reactive ketones (excluding diaryl/α,β-unsaturated/α-hetero) is 1. The maximum atomic E-state index is 12.0. The van der Waals surface area contributed by atoms with Crippen LogP contribution in [0.1, 0.15) is 15.5 Å². The minimum absolute atomic E-state index is 0.0427. The van der Waals surface area contributed by atoms with Crippen LogP contribution in [0.2, 0.25) is 0 Å². The van der Waals surface area contributed by atoms with Gasteiger partial charge in [0.25, 0.3) is 0 Å². The van der Waals surface area contributed by atoms with Crippen molar-refractivity contribution in [1.82, 2.24) is 9.55 Å². The molecule has 0 bridgehead atoms. The second-order valence-corrected chi connectivity index (χ2v) is 4.29. The molecule has 0 aromatic carbocycles. The molecule has 0 fully saturated rings. The van der Waals surface area contributed by atoms with Gasteiger partial charge in [-0.05, 0) is 11.4 Å². The third kappa shape index (κ3) is 1.99. The fraction of sp³-hybridized carbons (Fsp3) is 0.273. The molecule has 16 heavy (non-hydrogen) atoms. The van der Waals surface area contributed by atoms with E-state index in [1.165, 1.54) is 11.3 Å². The van der Waals surface area contributed by atoms with Crippen molar-refractivity contribution >= 4 is 17.1 Å². The molecule has 0 radical (unpaired) electrons. The van der Waals surface area contributed by atoms with E-state index in [0.717, 1.165) is 5.82 Å². The van der Waals surface area contributed by atoms with Crippen LogP contribution in [-0.2, 0) is 13.5 Å². The number of ether oxygens (including phenoxy) is 1. The first-order valence-corrected chi connectivity index (χ1v) is 5.71. The van der Waals surface area contributed by atoms with Crippen LogP contribution in [0.3, 0.4) is 0 Å². The van der Waals surface area contributed by atoms with Gasteiger partial charge in [0.2, 0.25) is 0 Å². The Hall–Kier alpha value is -1.62. The predicted molar refractivity (Wildman–Crippen MR) is 62.1 cm³/mol. The lowest BCUT2D eigenvalue weighted by molar-refractivity contribution is 0.0991. The fourth-order valence-electron chi connectivity index (χ4n) is 1.45. The Labute approximate surface area is 97.5 Å². The summed E-state index contributed by atoms with van der Waals surface area (Å²) in [6.07, 6.45) is 3.82. The van der Waals surface area contributed by atoms with Gasteiger partial charge >= 0.3 is 0 Å². The molecule has 0 aliphatic carbocycles. The number of imidazole rings is 1. The van der Waals surface area contributed by atoms with Gasteiger partial charge in [0.05, 0.1) is 13.5 Å². The summed E-state index contributed by atoms with van der Waals surface area (Å²) in [4.78, 5) is 16.8. The molecule has 84 valence electrons. The number of nitrogens with zero attached hydrogens (tertiary/aromatic N) is 2. The summed E-state index contributed by atoms with van der Waals surface area (Å²) in [5.41, 5.74) is 0. The summed E-state index contributed by atoms with van der Waals surface area (Å²) in [5.74, 6) is 1.45. The second kappa shape index (κ2) is 4.49.